The lowest BCUT2D eigenvalue weighted by atomic mass is 10.0. The molecule has 0 atom stereocenters. The van der Waals surface area contributed by atoms with Crippen molar-refractivity contribution < 1.29 is 37.7 Å². The standard InChI is InChI=1S/C31H23F3N2O5/c1-17(2)41-23-11-9-22(10-12-23)36-26-14-7-20(25-13-8-21(16-35-25)31(32,33)34)15-24(26)27(30(39)40)28(36)18-3-5-19(6-4-18)29(37)38/h3-17H,1-2H3,(H,37,38)(H,39,40). The van der Waals surface area contributed by atoms with Crippen LogP contribution in [-0.4, -0.2) is 37.8 Å². The zero-order chi connectivity index (χ0) is 29.5. The van der Waals surface area contributed by atoms with Crippen LogP contribution in [0.4, 0.5) is 13.2 Å². The van der Waals surface area contributed by atoms with E-state index in [2.05, 4.69) is 4.98 Å². The number of benzene rings is 3. The van der Waals surface area contributed by atoms with E-state index in [1.807, 2.05) is 13.8 Å². The molecule has 0 amide bonds. The van der Waals surface area contributed by atoms with Crippen molar-refractivity contribution in [1.29, 1.82) is 0 Å². The Hall–Kier alpha value is -5.12. The average molecular weight is 561 g/mol. The van der Waals surface area contributed by atoms with Gasteiger partial charge in [0.2, 0.25) is 0 Å². The first-order chi connectivity index (χ1) is 19.4. The Labute approximate surface area is 232 Å². The Morgan fingerprint density at radius 1 is 0.854 bits per heavy atom. The Morgan fingerprint density at radius 2 is 1.51 bits per heavy atom. The Morgan fingerprint density at radius 3 is 2.05 bits per heavy atom. The largest absolute Gasteiger partial charge is 0.491 e. The van der Waals surface area contributed by atoms with Gasteiger partial charge < -0.3 is 19.5 Å². The van der Waals surface area contributed by atoms with Crippen molar-refractivity contribution in [2.45, 2.75) is 26.1 Å². The van der Waals surface area contributed by atoms with E-state index in [-0.39, 0.29) is 22.9 Å². The smallest absolute Gasteiger partial charge is 0.417 e. The molecule has 0 radical (unpaired) electrons. The van der Waals surface area contributed by atoms with Gasteiger partial charge in [-0.2, -0.15) is 13.2 Å². The molecule has 0 saturated carbocycles. The van der Waals surface area contributed by atoms with Crippen LogP contribution in [0.1, 0.15) is 40.1 Å². The van der Waals surface area contributed by atoms with Crippen LogP contribution < -0.4 is 4.74 Å². The maximum Gasteiger partial charge on any atom is 0.417 e. The quantitative estimate of drug-likeness (QED) is 0.213. The molecule has 0 unspecified atom stereocenters. The van der Waals surface area contributed by atoms with Gasteiger partial charge in [0.25, 0.3) is 0 Å². The Kier molecular flexibility index (Phi) is 7.00. The van der Waals surface area contributed by atoms with Gasteiger partial charge >= 0.3 is 18.1 Å². The number of pyridine rings is 1. The normalized spacial score (nSPS) is 11.7. The zero-order valence-corrected chi connectivity index (χ0v) is 21.8. The third kappa shape index (κ3) is 5.36. The van der Waals surface area contributed by atoms with Crippen LogP contribution in [0.2, 0.25) is 0 Å². The fourth-order valence-electron chi connectivity index (χ4n) is 4.66. The number of hydrogen-bond donors (Lipinski definition) is 2. The lowest BCUT2D eigenvalue weighted by Gasteiger charge is -2.14. The summed E-state index contributed by atoms with van der Waals surface area (Å²) in [5.74, 6) is -1.73. The van der Waals surface area contributed by atoms with E-state index in [1.165, 1.54) is 30.3 Å². The van der Waals surface area contributed by atoms with Gasteiger partial charge in [0.05, 0.1) is 39.7 Å². The summed E-state index contributed by atoms with van der Waals surface area (Å²) < 4.78 is 46.6. The van der Waals surface area contributed by atoms with E-state index in [4.69, 9.17) is 4.74 Å². The van der Waals surface area contributed by atoms with Crippen molar-refractivity contribution >= 4 is 22.8 Å². The first kappa shape index (κ1) is 27.4. The van der Waals surface area contributed by atoms with Crippen molar-refractivity contribution in [2.24, 2.45) is 0 Å². The molecule has 0 fully saturated rings. The monoisotopic (exact) mass is 560 g/mol. The highest BCUT2D eigenvalue weighted by molar-refractivity contribution is 6.11. The minimum atomic E-state index is -4.54. The van der Waals surface area contributed by atoms with Crippen molar-refractivity contribution in [1.82, 2.24) is 9.55 Å². The first-order valence-electron chi connectivity index (χ1n) is 12.5. The molecule has 7 nitrogen and oxygen atoms in total. The molecule has 0 saturated heterocycles. The summed E-state index contributed by atoms with van der Waals surface area (Å²) in [6.07, 6.45) is -3.85. The van der Waals surface area contributed by atoms with Crippen molar-refractivity contribution in [3.63, 3.8) is 0 Å². The summed E-state index contributed by atoms with van der Waals surface area (Å²) in [6.45, 7) is 3.79. The highest BCUT2D eigenvalue weighted by atomic mass is 19.4. The topological polar surface area (TPSA) is 102 Å². The van der Waals surface area contributed by atoms with Crippen LogP contribution >= 0.6 is 0 Å². The van der Waals surface area contributed by atoms with E-state index in [0.29, 0.717) is 39.2 Å². The van der Waals surface area contributed by atoms with Crippen LogP contribution in [0.15, 0.2) is 85.1 Å². The number of aromatic carboxylic acids is 2. The summed E-state index contributed by atoms with van der Waals surface area (Å²) >= 11 is 0. The second-order valence-electron chi connectivity index (χ2n) is 9.57. The predicted molar refractivity (Wildman–Crippen MR) is 147 cm³/mol. The minimum Gasteiger partial charge on any atom is -0.491 e. The number of aromatic nitrogens is 2. The number of ether oxygens (including phenoxy) is 1. The van der Waals surface area contributed by atoms with E-state index >= 15 is 0 Å². The highest BCUT2D eigenvalue weighted by Gasteiger charge is 2.31. The number of hydrogen-bond acceptors (Lipinski definition) is 4. The molecule has 0 aliphatic rings. The van der Waals surface area contributed by atoms with Crippen LogP contribution in [0.3, 0.4) is 0 Å². The molecule has 5 aromatic rings. The SMILES string of the molecule is CC(C)Oc1ccc(-n2c(-c3ccc(C(=O)O)cc3)c(C(=O)O)c3cc(-c4ccc(C(F)(F)F)cn4)ccc32)cc1. The summed E-state index contributed by atoms with van der Waals surface area (Å²) in [6, 6.07) is 20.0. The van der Waals surface area contributed by atoms with E-state index in [0.717, 1.165) is 12.3 Å². The van der Waals surface area contributed by atoms with Gasteiger partial charge in [-0.25, -0.2) is 9.59 Å². The summed E-state index contributed by atoms with van der Waals surface area (Å²) in [5.41, 5.74) is 1.67. The molecule has 2 aromatic heterocycles. The van der Waals surface area contributed by atoms with Gasteiger partial charge in [0.1, 0.15) is 5.75 Å². The number of fused-ring (bicyclic) bond motifs is 1. The third-order valence-corrected chi connectivity index (χ3v) is 6.44. The molecule has 0 bridgehead atoms. The van der Waals surface area contributed by atoms with Crippen LogP contribution in [-0.2, 0) is 6.18 Å². The molecule has 3 aromatic carbocycles. The van der Waals surface area contributed by atoms with Gasteiger partial charge in [-0.3, -0.25) is 4.98 Å². The van der Waals surface area contributed by atoms with Gasteiger partial charge in [0, 0.05) is 22.8 Å². The molecule has 2 N–H and O–H groups in total. The lowest BCUT2D eigenvalue weighted by molar-refractivity contribution is -0.137. The first-order valence-corrected chi connectivity index (χ1v) is 12.5. The third-order valence-electron chi connectivity index (χ3n) is 6.44. The van der Waals surface area contributed by atoms with Crippen molar-refractivity contribution in [2.75, 3.05) is 0 Å². The van der Waals surface area contributed by atoms with Crippen LogP contribution in [0.25, 0.3) is 39.1 Å². The van der Waals surface area contributed by atoms with Crippen molar-refractivity contribution in [3.8, 4) is 34.0 Å². The average Bonchev–Trinajstić information content (AvgIpc) is 3.27. The van der Waals surface area contributed by atoms with Crippen LogP contribution in [0.5, 0.6) is 5.75 Å². The second kappa shape index (κ2) is 10.5. The van der Waals surface area contributed by atoms with Gasteiger partial charge in [0.15, 0.2) is 0 Å². The number of alkyl halides is 3. The molecule has 2 heterocycles. The maximum atomic E-state index is 13.0. The van der Waals surface area contributed by atoms with E-state index in [1.54, 1.807) is 47.0 Å². The summed E-state index contributed by atoms with van der Waals surface area (Å²) in [5, 5.41) is 20.1. The van der Waals surface area contributed by atoms with Crippen LogP contribution in [0, 0.1) is 0 Å². The Bertz CT molecular complexity index is 1760. The summed E-state index contributed by atoms with van der Waals surface area (Å²) in [7, 11) is 0. The van der Waals surface area contributed by atoms with Gasteiger partial charge in [-0.15, -0.1) is 0 Å². The second-order valence-corrected chi connectivity index (χ2v) is 9.57. The fourth-order valence-corrected chi connectivity index (χ4v) is 4.66. The molecule has 0 aliphatic carbocycles. The molecule has 208 valence electrons. The van der Waals surface area contributed by atoms with Gasteiger partial charge in [-0.05, 0) is 80.1 Å². The molecule has 10 heteroatoms. The number of nitrogens with zero attached hydrogens (tertiary/aromatic N) is 2. The van der Waals surface area contributed by atoms with Gasteiger partial charge in [-0.1, -0.05) is 18.2 Å². The molecule has 0 aliphatic heterocycles. The highest BCUT2D eigenvalue weighted by Crippen LogP contribution is 2.39. The lowest BCUT2D eigenvalue weighted by Crippen LogP contribution is -2.06. The van der Waals surface area contributed by atoms with E-state index < -0.39 is 23.7 Å². The molecule has 5 rings (SSSR count). The van der Waals surface area contributed by atoms with E-state index in [9.17, 15) is 33.0 Å². The number of carboxylic acids is 2. The number of carbonyl (C=O) groups is 2. The molecule has 41 heavy (non-hydrogen) atoms. The predicted octanol–water partition coefficient (Wildman–Crippen LogP) is 7.56. The maximum absolute atomic E-state index is 13.0. The zero-order valence-electron chi connectivity index (χ0n) is 21.8. The number of rotatable bonds is 7. The molecular weight excluding hydrogens is 537 g/mol. The fraction of sp³-hybridized carbons (Fsp3) is 0.129. The van der Waals surface area contributed by atoms with Crippen molar-refractivity contribution in [3.05, 3.63) is 102 Å². The minimum absolute atomic E-state index is 0.0409. The number of halogens is 3. The molecule has 0 spiro atoms. The Balaban J connectivity index is 1.75. The molecular formula is C31H23F3N2O5. The summed E-state index contributed by atoms with van der Waals surface area (Å²) in [4.78, 5) is 28.1. The number of carboxylic acid groups (broad SMARTS) is 2.